The monoisotopic (exact) mass is 259 g/mol. The van der Waals surface area contributed by atoms with E-state index in [1.807, 2.05) is 0 Å². The van der Waals surface area contributed by atoms with E-state index in [0.29, 0.717) is 29.9 Å². The predicted octanol–water partition coefficient (Wildman–Crippen LogP) is 0.755. The average molecular weight is 259 g/mol. The molecule has 0 fully saturated rings. The van der Waals surface area contributed by atoms with Crippen molar-refractivity contribution in [2.75, 3.05) is 0 Å². The van der Waals surface area contributed by atoms with Gasteiger partial charge in [0, 0.05) is 6.42 Å². The molecule has 96 valence electrons. The summed E-state index contributed by atoms with van der Waals surface area (Å²) in [5, 5.41) is 20.6. The molecule has 0 aliphatic rings. The Bertz CT molecular complexity index is 719. The predicted molar refractivity (Wildman–Crippen MR) is 62.5 cm³/mol. The Balaban J connectivity index is 1.97. The fraction of sp³-hybridized carbons (Fsp3) is 0.182. The number of hydrogen-bond acceptors (Lipinski definition) is 6. The van der Waals surface area contributed by atoms with Gasteiger partial charge in [0.2, 0.25) is 5.89 Å². The molecular formula is C11H9N5O3. The van der Waals surface area contributed by atoms with Crippen molar-refractivity contribution < 1.29 is 14.4 Å². The Hall–Kier alpha value is -2.77. The van der Waals surface area contributed by atoms with E-state index in [4.69, 9.17) is 9.63 Å². The summed E-state index contributed by atoms with van der Waals surface area (Å²) < 4.78 is 6.41. The number of rotatable bonds is 4. The maximum Gasteiger partial charge on any atom is 0.337 e. The molecule has 3 aromatic rings. The van der Waals surface area contributed by atoms with Crippen LogP contribution in [0.4, 0.5) is 0 Å². The highest BCUT2D eigenvalue weighted by molar-refractivity contribution is 6.00. The molecule has 0 radical (unpaired) electrons. The van der Waals surface area contributed by atoms with Gasteiger partial charge in [-0.3, -0.25) is 0 Å². The van der Waals surface area contributed by atoms with Crippen LogP contribution < -0.4 is 0 Å². The van der Waals surface area contributed by atoms with Crippen LogP contribution in [0.5, 0.6) is 0 Å². The Labute approximate surface area is 106 Å². The second-order valence-corrected chi connectivity index (χ2v) is 3.88. The number of para-hydroxylation sites is 1. The summed E-state index contributed by atoms with van der Waals surface area (Å²) in [6.45, 7) is 0.420. The van der Waals surface area contributed by atoms with Crippen molar-refractivity contribution in [1.82, 2.24) is 25.1 Å². The molecule has 3 rings (SSSR count). The van der Waals surface area contributed by atoms with E-state index in [1.54, 1.807) is 12.1 Å². The van der Waals surface area contributed by atoms with Gasteiger partial charge in [-0.1, -0.05) is 16.4 Å². The van der Waals surface area contributed by atoms with Crippen LogP contribution in [0, 0.1) is 0 Å². The smallest absolute Gasteiger partial charge is 0.337 e. The molecule has 1 aromatic carbocycles. The fourth-order valence-corrected chi connectivity index (χ4v) is 1.87. The Morgan fingerprint density at radius 2 is 2.32 bits per heavy atom. The summed E-state index contributed by atoms with van der Waals surface area (Å²) in [5.41, 5.74) is 1.22. The molecule has 2 aromatic heterocycles. The van der Waals surface area contributed by atoms with Crippen LogP contribution in [0.1, 0.15) is 16.2 Å². The number of benzene rings is 1. The Morgan fingerprint density at radius 1 is 1.42 bits per heavy atom. The SMILES string of the molecule is O=C(O)c1cccc2nnn(CCc3ncno3)c12. The highest BCUT2D eigenvalue weighted by Crippen LogP contribution is 2.17. The van der Waals surface area contributed by atoms with Gasteiger partial charge in [-0.2, -0.15) is 4.98 Å². The van der Waals surface area contributed by atoms with Gasteiger partial charge in [0.05, 0.1) is 12.1 Å². The number of carboxylic acid groups (broad SMARTS) is 1. The highest BCUT2D eigenvalue weighted by Gasteiger charge is 2.14. The van der Waals surface area contributed by atoms with Gasteiger partial charge >= 0.3 is 5.97 Å². The summed E-state index contributed by atoms with van der Waals surface area (Å²) in [4.78, 5) is 15.1. The number of carbonyl (C=O) groups is 1. The third-order valence-electron chi connectivity index (χ3n) is 2.71. The zero-order valence-electron chi connectivity index (χ0n) is 9.72. The normalized spacial score (nSPS) is 10.9. The molecule has 0 saturated carbocycles. The van der Waals surface area contributed by atoms with Crippen LogP contribution in [-0.4, -0.2) is 36.2 Å². The number of fused-ring (bicyclic) bond motifs is 1. The van der Waals surface area contributed by atoms with Crippen molar-refractivity contribution in [2.45, 2.75) is 13.0 Å². The van der Waals surface area contributed by atoms with E-state index < -0.39 is 5.97 Å². The molecule has 0 spiro atoms. The number of carboxylic acids is 1. The summed E-state index contributed by atoms with van der Waals surface area (Å²) in [7, 11) is 0. The standard InChI is InChI=1S/C11H9N5O3/c17-11(18)7-2-1-3-8-10(7)16(15-14-8)5-4-9-12-6-13-19-9/h1-3,6H,4-5H2,(H,17,18). The van der Waals surface area contributed by atoms with Crippen molar-refractivity contribution in [3.8, 4) is 0 Å². The van der Waals surface area contributed by atoms with Gasteiger partial charge in [-0.15, -0.1) is 5.10 Å². The van der Waals surface area contributed by atoms with Crippen LogP contribution >= 0.6 is 0 Å². The summed E-state index contributed by atoms with van der Waals surface area (Å²) >= 11 is 0. The van der Waals surface area contributed by atoms with Gasteiger partial charge in [0.15, 0.2) is 6.33 Å². The molecule has 0 amide bonds. The third-order valence-corrected chi connectivity index (χ3v) is 2.71. The maximum absolute atomic E-state index is 11.2. The summed E-state index contributed by atoms with van der Waals surface area (Å²) in [6, 6.07) is 4.89. The first-order valence-electron chi connectivity index (χ1n) is 5.57. The van der Waals surface area contributed by atoms with Crippen molar-refractivity contribution in [3.05, 3.63) is 36.0 Å². The van der Waals surface area contributed by atoms with Gasteiger partial charge in [-0.25, -0.2) is 9.48 Å². The first kappa shape index (κ1) is 11.3. The van der Waals surface area contributed by atoms with Crippen LogP contribution in [0.15, 0.2) is 29.0 Å². The molecule has 2 heterocycles. The average Bonchev–Trinajstić information content (AvgIpc) is 3.05. The number of aryl methyl sites for hydroxylation is 2. The first-order chi connectivity index (χ1) is 9.25. The maximum atomic E-state index is 11.2. The second-order valence-electron chi connectivity index (χ2n) is 3.88. The van der Waals surface area contributed by atoms with Gasteiger partial charge < -0.3 is 9.63 Å². The van der Waals surface area contributed by atoms with E-state index in [0.717, 1.165) is 0 Å². The van der Waals surface area contributed by atoms with Crippen LogP contribution in [-0.2, 0) is 13.0 Å². The van der Waals surface area contributed by atoms with Crippen LogP contribution in [0.3, 0.4) is 0 Å². The lowest BCUT2D eigenvalue weighted by Gasteiger charge is -2.02. The zero-order chi connectivity index (χ0) is 13.2. The lowest BCUT2D eigenvalue weighted by atomic mass is 10.2. The molecule has 0 saturated heterocycles. The van der Waals surface area contributed by atoms with Gasteiger partial charge in [-0.05, 0) is 12.1 Å². The summed E-state index contributed by atoms with van der Waals surface area (Å²) in [5.74, 6) is -0.539. The molecule has 8 nitrogen and oxygen atoms in total. The second kappa shape index (κ2) is 4.48. The first-order valence-corrected chi connectivity index (χ1v) is 5.57. The van der Waals surface area contributed by atoms with Crippen molar-refractivity contribution in [3.63, 3.8) is 0 Å². The van der Waals surface area contributed by atoms with Gasteiger partial charge in [0.25, 0.3) is 0 Å². The molecule has 19 heavy (non-hydrogen) atoms. The molecule has 1 N–H and O–H groups in total. The van der Waals surface area contributed by atoms with Crippen LogP contribution in [0.2, 0.25) is 0 Å². The van der Waals surface area contributed by atoms with Gasteiger partial charge in [0.1, 0.15) is 11.0 Å². The number of hydrogen-bond donors (Lipinski definition) is 1. The molecular weight excluding hydrogens is 250 g/mol. The van der Waals surface area contributed by atoms with E-state index in [9.17, 15) is 4.79 Å². The third kappa shape index (κ3) is 2.03. The van der Waals surface area contributed by atoms with Crippen molar-refractivity contribution in [2.24, 2.45) is 0 Å². The van der Waals surface area contributed by atoms with E-state index in [2.05, 4.69) is 20.5 Å². The van der Waals surface area contributed by atoms with E-state index >= 15 is 0 Å². The minimum absolute atomic E-state index is 0.174. The lowest BCUT2D eigenvalue weighted by Crippen LogP contribution is -2.07. The molecule has 0 aliphatic carbocycles. The van der Waals surface area contributed by atoms with Crippen molar-refractivity contribution >= 4 is 17.0 Å². The van der Waals surface area contributed by atoms with Crippen LogP contribution in [0.25, 0.3) is 11.0 Å². The Morgan fingerprint density at radius 3 is 3.05 bits per heavy atom. The number of aromatic nitrogens is 5. The van der Waals surface area contributed by atoms with E-state index in [1.165, 1.54) is 17.1 Å². The largest absolute Gasteiger partial charge is 0.478 e. The fourth-order valence-electron chi connectivity index (χ4n) is 1.87. The van der Waals surface area contributed by atoms with E-state index in [-0.39, 0.29) is 5.56 Å². The minimum atomic E-state index is -1.01. The quantitative estimate of drug-likeness (QED) is 0.736. The topological polar surface area (TPSA) is 107 Å². The minimum Gasteiger partial charge on any atom is -0.478 e. The summed E-state index contributed by atoms with van der Waals surface area (Å²) in [6.07, 6.45) is 1.78. The lowest BCUT2D eigenvalue weighted by molar-refractivity contribution is 0.0698. The molecule has 8 heteroatoms. The molecule has 0 bridgehead atoms. The highest BCUT2D eigenvalue weighted by atomic mass is 16.5. The van der Waals surface area contributed by atoms with Crippen molar-refractivity contribution in [1.29, 1.82) is 0 Å². The molecule has 0 unspecified atom stereocenters. The Kier molecular flexibility index (Phi) is 2.67. The molecule has 0 atom stereocenters. The number of nitrogens with zero attached hydrogens (tertiary/aromatic N) is 5. The molecule has 0 aliphatic heterocycles. The zero-order valence-corrected chi connectivity index (χ0v) is 9.72. The number of aromatic carboxylic acids is 1.